The summed E-state index contributed by atoms with van der Waals surface area (Å²) in [5.74, 6) is 0.933. The molecule has 1 heterocycles. The highest BCUT2D eigenvalue weighted by molar-refractivity contribution is 9.10. The first kappa shape index (κ1) is 13.9. The topological polar surface area (TPSA) is 29.5 Å². The van der Waals surface area contributed by atoms with E-state index in [1.54, 1.807) is 12.1 Å². The Balaban J connectivity index is 1.95. The van der Waals surface area contributed by atoms with E-state index in [1.807, 2.05) is 24.3 Å². The monoisotopic (exact) mass is 352 g/mol. The minimum atomic E-state index is -0.672. The first-order valence-corrected chi connectivity index (χ1v) is 7.71. The van der Waals surface area contributed by atoms with Gasteiger partial charge in [0.1, 0.15) is 11.9 Å². The predicted molar refractivity (Wildman–Crippen MR) is 83.5 cm³/mol. The van der Waals surface area contributed by atoms with Gasteiger partial charge in [-0.25, -0.2) is 0 Å². The molecule has 3 rings (SSSR count). The van der Waals surface area contributed by atoms with Gasteiger partial charge >= 0.3 is 0 Å². The van der Waals surface area contributed by atoms with E-state index < -0.39 is 6.10 Å². The first-order chi connectivity index (χ1) is 9.65. The molecule has 1 aliphatic rings. The lowest BCUT2D eigenvalue weighted by atomic mass is 9.97. The molecule has 2 aromatic rings. The summed E-state index contributed by atoms with van der Waals surface area (Å²) in [5, 5.41) is 11.2. The Morgan fingerprint density at radius 1 is 1.20 bits per heavy atom. The summed E-state index contributed by atoms with van der Waals surface area (Å²) in [6.07, 6.45) is 1.35. The van der Waals surface area contributed by atoms with Crippen LogP contribution in [0.5, 0.6) is 5.75 Å². The van der Waals surface area contributed by atoms with Gasteiger partial charge in [-0.2, -0.15) is 0 Å². The van der Waals surface area contributed by atoms with Gasteiger partial charge in [0.2, 0.25) is 0 Å². The number of halogens is 2. The third-order valence-corrected chi connectivity index (χ3v) is 4.43. The summed E-state index contributed by atoms with van der Waals surface area (Å²) >= 11 is 9.39. The number of ether oxygens (including phenoxy) is 1. The number of aliphatic hydroxyl groups excluding tert-OH is 1. The molecule has 0 fully saturated rings. The van der Waals surface area contributed by atoms with Crippen LogP contribution in [-0.2, 0) is 6.42 Å². The van der Waals surface area contributed by atoms with Gasteiger partial charge in [-0.1, -0.05) is 39.7 Å². The second-order valence-electron chi connectivity index (χ2n) is 4.89. The fraction of sp³-hybridized carbons (Fsp3) is 0.250. The molecule has 1 N–H and O–H groups in total. The molecule has 0 bridgehead atoms. The second-order valence-corrected chi connectivity index (χ2v) is 6.18. The lowest BCUT2D eigenvalue weighted by Crippen LogP contribution is -2.09. The molecular weight excluding hydrogens is 340 g/mol. The highest BCUT2D eigenvalue weighted by Gasteiger charge is 2.17. The largest absolute Gasteiger partial charge is 0.493 e. The molecular formula is C16H14BrClO2. The molecule has 0 spiro atoms. The second kappa shape index (κ2) is 5.76. The smallest absolute Gasteiger partial charge is 0.122 e. The quantitative estimate of drug-likeness (QED) is 0.861. The van der Waals surface area contributed by atoms with E-state index >= 15 is 0 Å². The molecule has 0 saturated heterocycles. The molecule has 20 heavy (non-hydrogen) atoms. The molecule has 104 valence electrons. The average Bonchev–Trinajstić information content (AvgIpc) is 2.46. The third kappa shape index (κ3) is 2.71. The van der Waals surface area contributed by atoms with E-state index in [4.69, 9.17) is 16.3 Å². The maximum absolute atomic E-state index is 10.6. The summed E-state index contributed by atoms with van der Waals surface area (Å²) in [4.78, 5) is 0. The number of benzene rings is 2. The molecule has 2 nitrogen and oxygen atoms in total. The number of hydrogen-bond donors (Lipinski definition) is 1. The van der Waals surface area contributed by atoms with Crippen LogP contribution >= 0.6 is 27.5 Å². The van der Waals surface area contributed by atoms with E-state index in [0.29, 0.717) is 5.02 Å². The van der Waals surface area contributed by atoms with E-state index in [9.17, 15) is 5.11 Å². The minimum absolute atomic E-state index is 0.645. The Labute approximate surface area is 131 Å². The fourth-order valence-corrected chi connectivity index (χ4v) is 3.35. The van der Waals surface area contributed by atoms with Crippen molar-refractivity contribution in [1.29, 1.82) is 0 Å². The van der Waals surface area contributed by atoms with Gasteiger partial charge in [0, 0.05) is 9.50 Å². The van der Waals surface area contributed by atoms with Gasteiger partial charge in [0.05, 0.1) is 6.61 Å². The van der Waals surface area contributed by atoms with Gasteiger partial charge in [0.15, 0.2) is 0 Å². The van der Waals surface area contributed by atoms with Gasteiger partial charge in [-0.15, -0.1) is 0 Å². The highest BCUT2D eigenvalue weighted by Crippen LogP contribution is 2.33. The van der Waals surface area contributed by atoms with Crippen LogP contribution in [0.25, 0.3) is 0 Å². The normalized spacial score (nSPS) is 15.3. The van der Waals surface area contributed by atoms with Gasteiger partial charge in [-0.05, 0) is 53.8 Å². The van der Waals surface area contributed by atoms with Gasteiger partial charge in [-0.3, -0.25) is 0 Å². The SMILES string of the molecule is OC(c1ccc2c(c1)CCCO2)c1ccc(Cl)cc1Br. The first-order valence-electron chi connectivity index (χ1n) is 6.54. The molecule has 2 aromatic carbocycles. The van der Waals surface area contributed by atoms with Crippen molar-refractivity contribution in [2.24, 2.45) is 0 Å². The molecule has 1 unspecified atom stereocenters. The zero-order valence-corrected chi connectivity index (χ0v) is 13.1. The van der Waals surface area contributed by atoms with Crippen molar-refractivity contribution in [3.63, 3.8) is 0 Å². The van der Waals surface area contributed by atoms with Gasteiger partial charge in [0.25, 0.3) is 0 Å². The molecule has 0 aromatic heterocycles. The van der Waals surface area contributed by atoms with Crippen LogP contribution in [0, 0.1) is 0 Å². The van der Waals surface area contributed by atoms with E-state index in [1.165, 1.54) is 0 Å². The Kier molecular flexibility index (Phi) is 4.01. The molecule has 0 aliphatic carbocycles. The maximum atomic E-state index is 10.6. The molecule has 1 aliphatic heterocycles. The van der Waals surface area contributed by atoms with Crippen LogP contribution < -0.4 is 4.74 Å². The third-order valence-electron chi connectivity index (χ3n) is 3.51. The zero-order chi connectivity index (χ0) is 14.1. The molecule has 0 radical (unpaired) electrons. The van der Waals surface area contributed by atoms with Crippen LogP contribution in [0.1, 0.15) is 29.2 Å². The standard InChI is InChI=1S/C16H14BrClO2/c17-14-9-12(18)4-5-13(14)16(19)11-3-6-15-10(8-11)2-1-7-20-15/h3-6,8-9,16,19H,1-2,7H2. The van der Waals surface area contributed by atoms with E-state index in [-0.39, 0.29) is 0 Å². The molecule has 0 saturated carbocycles. The molecule has 4 heteroatoms. The summed E-state index contributed by atoms with van der Waals surface area (Å²) in [6.45, 7) is 0.775. The Morgan fingerprint density at radius 3 is 2.85 bits per heavy atom. The van der Waals surface area contributed by atoms with Crippen molar-refractivity contribution >= 4 is 27.5 Å². The van der Waals surface area contributed by atoms with Crippen LogP contribution in [-0.4, -0.2) is 11.7 Å². The average molecular weight is 354 g/mol. The van der Waals surface area contributed by atoms with Crippen molar-refractivity contribution in [3.8, 4) is 5.75 Å². The maximum Gasteiger partial charge on any atom is 0.122 e. The summed E-state index contributed by atoms with van der Waals surface area (Å²) in [7, 11) is 0. The van der Waals surface area contributed by atoms with E-state index in [2.05, 4.69) is 15.9 Å². The van der Waals surface area contributed by atoms with Crippen LogP contribution in [0.3, 0.4) is 0 Å². The number of rotatable bonds is 2. The number of fused-ring (bicyclic) bond motifs is 1. The summed E-state index contributed by atoms with van der Waals surface area (Å²) in [5.41, 5.74) is 2.85. The van der Waals surface area contributed by atoms with Crippen molar-refractivity contribution < 1.29 is 9.84 Å². The fourth-order valence-electron chi connectivity index (χ4n) is 2.45. The lowest BCUT2D eigenvalue weighted by molar-refractivity contribution is 0.218. The van der Waals surface area contributed by atoms with Crippen LogP contribution in [0.15, 0.2) is 40.9 Å². The van der Waals surface area contributed by atoms with Crippen molar-refractivity contribution in [2.45, 2.75) is 18.9 Å². The number of aryl methyl sites for hydroxylation is 1. The summed E-state index contributed by atoms with van der Waals surface area (Å²) in [6, 6.07) is 11.3. The molecule has 1 atom stereocenters. The van der Waals surface area contributed by atoms with Crippen molar-refractivity contribution in [3.05, 3.63) is 62.6 Å². The van der Waals surface area contributed by atoms with Gasteiger partial charge < -0.3 is 9.84 Å². The number of hydrogen-bond acceptors (Lipinski definition) is 2. The van der Waals surface area contributed by atoms with Crippen LogP contribution in [0.2, 0.25) is 5.02 Å². The molecule has 0 amide bonds. The van der Waals surface area contributed by atoms with Crippen LogP contribution in [0.4, 0.5) is 0 Å². The van der Waals surface area contributed by atoms with Crippen molar-refractivity contribution in [1.82, 2.24) is 0 Å². The Bertz CT molecular complexity index is 642. The lowest BCUT2D eigenvalue weighted by Gasteiger charge is -2.20. The predicted octanol–water partition coefficient (Wildman–Crippen LogP) is 4.51. The number of aliphatic hydroxyl groups is 1. The van der Waals surface area contributed by atoms with E-state index in [0.717, 1.165) is 46.4 Å². The zero-order valence-electron chi connectivity index (χ0n) is 10.8. The minimum Gasteiger partial charge on any atom is -0.493 e. The summed E-state index contributed by atoms with van der Waals surface area (Å²) < 4.78 is 6.41. The Hall–Kier alpha value is -1.03. The highest BCUT2D eigenvalue weighted by atomic mass is 79.9. The Morgan fingerprint density at radius 2 is 2.05 bits per heavy atom. The van der Waals surface area contributed by atoms with Crippen molar-refractivity contribution in [2.75, 3.05) is 6.61 Å².